The van der Waals surface area contributed by atoms with E-state index in [-0.39, 0.29) is 30.9 Å². The summed E-state index contributed by atoms with van der Waals surface area (Å²) in [7, 11) is 0. The third-order valence-corrected chi connectivity index (χ3v) is 4.79. The number of hydrogen-bond donors (Lipinski definition) is 5. The molecule has 1 rings (SSSR count). The summed E-state index contributed by atoms with van der Waals surface area (Å²) in [5.41, 5.74) is 5.67. The van der Waals surface area contributed by atoms with Crippen LogP contribution in [-0.2, 0) is 30.5 Å². The number of amides is 2. The predicted octanol–water partition coefficient (Wildman–Crippen LogP) is -0.158. The van der Waals surface area contributed by atoms with Crippen LogP contribution in [0.3, 0.4) is 0 Å². The maximum absolute atomic E-state index is 12.2. The monoisotopic (exact) mass is 486 g/mol. The topological polar surface area (TPSA) is 228 Å². The zero-order chi connectivity index (χ0) is 25.0. The van der Waals surface area contributed by atoms with Gasteiger partial charge in [0.15, 0.2) is 0 Å². The van der Waals surface area contributed by atoms with Crippen molar-refractivity contribution in [1.29, 1.82) is 0 Å². The molecule has 1 aromatic rings. The number of nitro benzene ring substituents is 1. The number of carbonyl (C=O) groups is 5. The third kappa shape index (κ3) is 10.9. The van der Waals surface area contributed by atoms with Crippen molar-refractivity contribution in [2.24, 2.45) is 5.73 Å². The van der Waals surface area contributed by atoms with Gasteiger partial charge in [0.05, 0.1) is 4.92 Å². The van der Waals surface area contributed by atoms with E-state index in [0.29, 0.717) is 17.3 Å². The fraction of sp³-hybridized carbons (Fsp3) is 0.389. The maximum atomic E-state index is 12.2. The minimum Gasteiger partial charge on any atom is -0.480 e. The molecule has 0 bridgehead atoms. The van der Waals surface area contributed by atoms with Crippen LogP contribution in [0.4, 0.5) is 10.5 Å². The summed E-state index contributed by atoms with van der Waals surface area (Å²) >= 11 is 0.535. The lowest BCUT2D eigenvalue weighted by Gasteiger charge is -2.17. The zero-order valence-electron chi connectivity index (χ0n) is 17.1. The smallest absolute Gasteiger partial charge is 0.367 e. The molecule has 0 radical (unpaired) electrons. The molecular formula is C18H22N4O10S. The van der Waals surface area contributed by atoms with Crippen molar-refractivity contribution in [1.82, 2.24) is 10.6 Å². The van der Waals surface area contributed by atoms with Crippen LogP contribution in [-0.4, -0.2) is 68.6 Å². The highest BCUT2D eigenvalue weighted by Crippen LogP contribution is 2.15. The molecule has 0 aliphatic heterocycles. The van der Waals surface area contributed by atoms with E-state index in [2.05, 4.69) is 10.6 Å². The van der Waals surface area contributed by atoms with E-state index < -0.39 is 52.6 Å². The SMILES string of the molecule is N[C@@H](CCC(=O)N[C@@H](CSC(=O)OCc1ccc([N+](=O)[O-])cc1)C(=O)NCC(=O)O)C(=O)O. The van der Waals surface area contributed by atoms with Crippen molar-refractivity contribution < 1.29 is 43.8 Å². The first-order chi connectivity index (χ1) is 15.5. The summed E-state index contributed by atoms with van der Waals surface area (Å²) < 4.78 is 5.00. The number of carboxylic acid groups (broad SMARTS) is 2. The third-order valence-electron chi connectivity index (χ3n) is 3.94. The maximum Gasteiger partial charge on any atom is 0.367 e. The Labute approximate surface area is 191 Å². The highest BCUT2D eigenvalue weighted by Gasteiger charge is 2.24. The predicted molar refractivity (Wildman–Crippen MR) is 113 cm³/mol. The molecular weight excluding hydrogens is 464 g/mol. The van der Waals surface area contributed by atoms with E-state index >= 15 is 0 Å². The van der Waals surface area contributed by atoms with Crippen LogP contribution in [0.5, 0.6) is 0 Å². The molecule has 0 unspecified atom stereocenters. The first-order valence-electron chi connectivity index (χ1n) is 9.29. The Morgan fingerprint density at radius 2 is 1.79 bits per heavy atom. The number of carbonyl (C=O) groups excluding carboxylic acids is 3. The molecule has 0 saturated carbocycles. The molecule has 1 aromatic carbocycles. The molecule has 0 aliphatic carbocycles. The molecule has 0 aromatic heterocycles. The number of nitro groups is 1. The second kappa shape index (κ2) is 13.6. The molecule has 180 valence electrons. The Morgan fingerprint density at radius 1 is 1.15 bits per heavy atom. The Balaban J connectivity index is 2.61. The minimum absolute atomic E-state index is 0.130. The van der Waals surface area contributed by atoms with Crippen LogP contribution in [0.1, 0.15) is 18.4 Å². The average molecular weight is 486 g/mol. The van der Waals surface area contributed by atoms with Gasteiger partial charge in [-0.25, -0.2) is 4.79 Å². The highest BCUT2D eigenvalue weighted by atomic mass is 32.2. The number of carboxylic acids is 2. The summed E-state index contributed by atoms with van der Waals surface area (Å²) in [6, 6.07) is 2.70. The van der Waals surface area contributed by atoms with Crippen LogP contribution < -0.4 is 16.4 Å². The Hall–Kier alpha value is -3.72. The number of nitrogens with one attached hydrogen (secondary N) is 2. The summed E-state index contributed by atoms with van der Waals surface area (Å²) in [5.74, 6) is -4.52. The second-order valence-corrected chi connectivity index (χ2v) is 7.44. The van der Waals surface area contributed by atoms with Crippen molar-refractivity contribution in [2.45, 2.75) is 31.5 Å². The molecule has 0 fully saturated rings. The number of nitrogens with zero attached hydrogens (tertiary/aromatic N) is 1. The van der Waals surface area contributed by atoms with E-state index in [0.717, 1.165) is 0 Å². The van der Waals surface area contributed by atoms with E-state index in [4.69, 9.17) is 20.7 Å². The van der Waals surface area contributed by atoms with Gasteiger partial charge in [-0.2, -0.15) is 0 Å². The molecule has 14 nitrogen and oxygen atoms in total. The molecule has 6 N–H and O–H groups in total. The molecule has 0 heterocycles. The van der Waals surface area contributed by atoms with Gasteiger partial charge in [-0.3, -0.25) is 29.3 Å². The van der Waals surface area contributed by atoms with Crippen LogP contribution in [0.2, 0.25) is 0 Å². The second-order valence-electron chi connectivity index (χ2n) is 6.49. The number of aliphatic carboxylic acids is 2. The Morgan fingerprint density at radius 3 is 2.33 bits per heavy atom. The quantitative estimate of drug-likeness (QED) is 0.139. The first-order valence-corrected chi connectivity index (χ1v) is 10.3. The Bertz CT molecular complexity index is 893. The molecule has 0 spiro atoms. The molecule has 2 atom stereocenters. The van der Waals surface area contributed by atoms with Crippen molar-refractivity contribution in [3.8, 4) is 0 Å². The number of rotatable bonds is 13. The van der Waals surface area contributed by atoms with Gasteiger partial charge in [-0.15, -0.1) is 0 Å². The van der Waals surface area contributed by atoms with Crippen LogP contribution in [0.15, 0.2) is 24.3 Å². The fourth-order valence-corrected chi connectivity index (χ4v) is 2.87. The normalized spacial score (nSPS) is 12.2. The van der Waals surface area contributed by atoms with E-state index in [1.807, 2.05) is 0 Å². The van der Waals surface area contributed by atoms with Crippen LogP contribution in [0, 0.1) is 10.1 Å². The number of nitrogens with two attached hydrogens (primary N) is 1. The van der Waals surface area contributed by atoms with Gasteiger partial charge in [-0.05, 0) is 35.9 Å². The minimum atomic E-state index is -1.32. The molecule has 2 amide bonds. The standard InChI is InChI=1S/C18H22N4O10S/c19-12(17(27)28)5-6-14(23)21-13(16(26)20-7-15(24)25)9-33-18(29)32-8-10-1-3-11(4-2-10)22(30)31/h1-4,12-13H,5-9,19H2,(H,20,26)(H,21,23)(H,24,25)(H,27,28)/t12-,13-/m0/s1. The zero-order valence-corrected chi connectivity index (χ0v) is 17.9. The van der Waals surface area contributed by atoms with Crippen LogP contribution in [0.25, 0.3) is 0 Å². The van der Waals surface area contributed by atoms with E-state index in [1.54, 1.807) is 0 Å². The van der Waals surface area contributed by atoms with Gasteiger partial charge < -0.3 is 31.3 Å². The van der Waals surface area contributed by atoms with Crippen molar-refractivity contribution in [3.05, 3.63) is 39.9 Å². The Kier molecular flexibility index (Phi) is 11.3. The number of ether oxygens (including phenoxy) is 1. The summed E-state index contributed by atoms with van der Waals surface area (Å²) in [6.07, 6.45) is -0.513. The lowest BCUT2D eigenvalue weighted by molar-refractivity contribution is -0.384. The lowest BCUT2D eigenvalue weighted by Crippen LogP contribution is -2.49. The van der Waals surface area contributed by atoms with E-state index in [1.165, 1.54) is 24.3 Å². The van der Waals surface area contributed by atoms with Gasteiger partial charge in [0.2, 0.25) is 11.8 Å². The fourth-order valence-electron chi connectivity index (χ4n) is 2.19. The number of thioether (sulfide) groups is 1. The summed E-state index contributed by atoms with van der Waals surface area (Å²) in [6.45, 7) is -0.913. The van der Waals surface area contributed by atoms with Gasteiger partial charge in [0.25, 0.3) is 5.69 Å². The van der Waals surface area contributed by atoms with E-state index in [9.17, 15) is 34.1 Å². The van der Waals surface area contributed by atoms with Crippen molar-refractivity contribution >= 4 is 46.5 Å². The highest BCUT2D eigenvalue weighted by molar-refractivity contribution is 8.13. The average Bonchev–Trinajstić information content (AvgIpc) is 2.77. The number of hydrogen-bond acceptors (Lipinski definition) is 10. The van der Waals surface area contributed by atoms with Crippen molar-refractivity contribution in [3.63, 3.8) is 0 Å². The largest absolute Gasteiger partial charge is 0.480 e. The van der Waals surface area contributed by atoms with Gasteiger partial charge in [-0.1, -0.05) is 0 Å². The van der Waals surface area contributed by atoms with Crippen molar-refractivity contribution in [2.75, 3.05) is 12.3 Å². The van der Waals surface area contributed by atoms with Gasteiger partial charge in [0, 0.05) is 24.3 Å². The molecule has 0 saturated heterocycles. The lowest BCUT2D eigenvalue weighted by atomic mass is 10.1. The first kappa shape index (κ1) is 27.3. The molecule has 15 heteroatoms. The number of non-ortho nitro benzene ring substituents is 1. The summed E-state index contributed by atoms with van der Waals surface area (Å²) in [5, 5.41) is 31.6. The van der Waals surface area contributed by atoms with Gasteiger partial charge in [0.1, 0.15) is 25.2 Å². The van der Waals surface area contributed by atoms with Crippen LogP contribution >= 0.6 is 11.8 Å². The van der Waals surface area contributed by atoms with Gasteiger partial charge >= 0.3 is 17.2 Å². The molecule has 33 heavy (non-hydrogen) atoms. The number of benzene rings is 1. The summed E-state index contributed by atoms with van der Waals surface area (Å²) in [4.78, 5) is 67.6. The molecule has 0 aliphatic rings.